The molecule has 4 heteroatoms. The van der Waals surface area contributed by atoms with Crippen LogP contribution in [-0.4, -0.2) is 30.1 Å². The van der Waals surface area contributed by atoms with Crippen molar-refractivity contribution in [2.75, 3.05) is 20.3 Å². The molecule has 0 bridgehead atoms. The van der Waals surface area contributed by atoms with Gasteiger partial charge < -0.3 is 9.47 Å². The summed E-state index contributed by atoms with van der Waals surface area (Å²) in [6.45, 7) is 1.63. The second kappa shape index (κ2) is 5.22. The van der Waals surface area contributed by atoms with Crippen LogP contribution in [-0.2, 0) is 11.3 Å². The average molecular weight is 180 g/mol. The minimum atomic E-state index is 0.274. The van der Waals surface area contributed by atoms with E-state index < -0.39 is 0 Å². The number of rotatable bonds is 5. The molecule has 1 aromatic heterocycles. The Kier molecular flexibility index (Phi) is 3.86. The Hall–Kier alpha value is -1.47. The Bertz CT molecular complexity index is 288. The number of ether oxygens (including phenoxy) is 2. The molecule has 0 saturated carbocycles. The van der Waals surface area contributed by atoms with Crippen molar-refractivity contribution in [1.29, 1.82) is 0 Å². The fourth-order valence-corrected chi connectivity index (χ4v) is 0.851. The molecule has 0 unspecified atom stereocenters. The van der Waals surface area contributed by atoms with Crippen molar-refractivity contribution >= 4 is 0 Å². The number of methoxy groups -OCH3 is 1. The van der Waals surface area contributed by atoms with Gasteiger partial charge in [0, 0.05) is 7.11 Å². The van der Waals surface area contributed by atoms with Crippen molar-refractivity contribution in [2.45, 2.75) is 6.54 Å². The van der Waals surface area contributed by atoms with Crippen LogP contribution >= 0.6 is 0 Å². The minimum absolute atomic E-state index is 0.274. The highest BCUT2D eigenvalue weighted by molar-refractivity contribution is 5.12. The van der Waals surface area contributed by atoms with Gasteiger partial charge in [-0.3, -0.25) is 4.68 Å². The van der Waals surface area contributed by atoms with Gasteiger partial charge in [0.15, 0.2) is 5.75 Å². The molecule has 1 aromatic rings. The van der Waals surface area contributed by atoms with Gasteiger partial charge in [-0.15, -0.1) is 6.42 Å². The zero-order valence-corrected chi connectivity index (χ0v) is 7.56. The molecule has 0 N–H and O–H groups in total. The lowest BCUT2D eigenvalue weighted by atomic mass is 10.6. The molecule has 0 saturated heterocycles. The number of terminal acetylenes is 1. The number of aromatic nitrogens is 2. The summed E-state index contributed by atoms with van der Waals surface area (Å²) in [5.74, 6) is 3.07. The van der Waals surface area contributed by atoms with E-state index in [-0.39, 0.29) is 6.61 Å². The van der Waals surface area contributed by atoms with E-state index in [4.69, 9.17) is 15.9 Å². The topological polar surface area (TPSA) is 36.3 Å². The SMILES string of the molecule is C#CCOc1cnn(CCOC)c1. The van der Waals surface area contributed by atoms with Crippen LogP contribution in [0.1, 0.15) is 0 Å². The molecule has 0 amide bonds. The first-order valence-corrected chi connectivity index (χ1v) is 3.94. The van der Waals surface area contributed by atoms with E-state index in [2.05, 4.69) is 11.0 Å². The van der Waals surface area contributed by atoms with Gasteiger partial charge in [0.1, 0.15) is 6.61 Å². The average Bonchev–Trinajstić information content (AvgIpc) is 2.59. The van der Waals surface area contributed by atoms with Gasteiger partial charge in [-0.2, -0.15) is 5.10 Å². The predicted octanol–water partition coefficient (Wildman–Crippen LogP) is 0.541. The summed E-state index contributed by atoms with van der Waals surface area (Å²) < 4.78 is 11.8. The maximum atomic E-state index is 5.16. The quantitative estimate of drug-likeness (QED) is 0.620. The molecule has 1 rings (SSSR count). The standard InChI is InChI=1S/C9H12N2O2/c1-3-5-13-9-7-10-11(8-9)4-6-12-2/h1,7-8H,4-6H2,2H3. The van der Waals surface area contributed by atoms with Crippen LogP contribution in [0.4, 0.5) is 0 Å². The Morgan fingerprint density at radius 1 is 1.69 bits per heavy atom. The summed E-state index contributed by atoms with van der Waals surface area (Å²) in [5, 5.41) is 4.05. The summed E-state index contributed by atoms with van der Waals surface area (Å²) >= 11 is 0. The molecule has 1 heterocycles. The lowest BCUT2D eigenvalue weighted by Gasteiger charge is -1.98. The monoisotopic (exact) mass is 180 g/mol. The van der Waals surface area contributed by atoms with Gasteiger partial charge in [0.05, 0.1) is 25.5 Å². The molecule has 0 aliphatic rings. The largest absolute Gasteiger partial charge is 0.478 e. The minimum Gasteiger partial charge on any atom is -0.478 e. The molecule has 0 aliphatic carbocycles. The van der Waals surface area contributed by atoms with Gasteiger partial charge in [0.25, 0.3) is 0 Å². The fourth-order valence-electron chi connectivity index (χ4n) is 0.851. The third-order valence-corrected chi connectivity index (χ3v) is 1.46. The zero-order chi connectivity index (χ0) is 9.52. The highest BCUT2D eigenvalue weighted by atomic mass is 16.5. The Labute approximate surface area is 77.5 Å². The van der Waals surface area contributed by atoms with Crippen molar-refractivity contribution < 1.29 is 9.47 Å². The molecule has 4 nitrogen and oxygen atoms in total. The van der Waals surface area contributed by atoms with Crippen molar-refractivity contribution in [2.24, 2.45) is 0 Å². The molecule has 70 valence electrons. The van der Waals surface area contributed by atoms with Gasteiger partial charge in [0.2, 0.25) is 0 Å². The molecule has 0 fully saturated rings. The van der Waals surface area contributed by atoms with Crippen molar-refractivity contribution in [3.05, 3.63) is 12.4 Å². The number of hydrogen-bond donors (Lipinski definition) is 0. The fraction of sp³-hybridized carbons (Fsp3) is 0.444. The third kappa shape index (κ3) is 3.18. The second-order valence-electron chi connectivity index (χ2n) is 2.42. The van der Waals surface area contributed by atoms with Gasteiger partial charge >= 0.3 is 0 Å². The van der Waals surface area contributed by atoms with E-state index in [9.17, 15) is 0 Å². The molecule has 13 heavy (non-hydrogen) atoms. The Morgan fingerprint density at radius 2 is 2.54 bits per heavy atom. The van der Waals surface area contributed by atoms with E-state index >= 15 is 0 Å². The highest BCUT2D eigenvalue weighted by Crippen LogP contribution is 2.07. The van der Waals surface area contributed by atoms with Crippen LogP contribution in [0, 0.1) is 12.3 Å². The van der Waals surface area contributed by atoms with E-state index in [0.29, 0.717) is 12.4 Å². The van der Waals surface area contributed by atoms with Crippen LogP contribution in [0.25, 0.3) is 0 Å². The lowest BCUT2D eigenvalue weighted by Crippen LogP contribution is -2.03. The molecule has 0 aliphatic heterocycles. The Morgan fingerprint density at radius 3 is 3.23 bits per heavy atom. The first-order valence-electron chi connectivity index (χ1n) is 3.94. The van der Waals surface area contributed by atoms with E-state index in [1.165, 1.54) is 0 Å². The third-order valence-electron chi connectivity index (χ3n) is 1.46. The highest BCUT2D eigenvalue weighted by Gasteiger charge is 1.97. The van der Waals surface area contributed by atoms with Gasteiger partial charge in [-0.25, -0.2) is 0 Å². The molecule has 0 spiro atoms. The van der Waals surface area contributed by atoms with Crippen molar-refractivity contribution in [1.82, 2.24) is 9.78 Å². The normalized spacial score (nSPS) is 9.54. The molecular weight excluding hydrogens is 168 g/mol. The van der Waals surface area contributed by atoms with Crippen LogP contribution in [0.15, 0.2) is 12.4 Å². The van der Waals surface area contributed by atoms with Crippen LogP contribution in [0.3, 0.4) is 0 Å². The van der Waals surface area contributed by atoms with E-state index in [1.807, 2.05) is 0 Å². The Balaban J connectivity index is 2.40. The summed E-state index contributed by atoms with van der Waals surface area (Å²) in [6.07, 6.45) is 8.46. The van der Waals surface area contributed by atoms with Crippen molar-refractivity contribution in [3.63, 3.8) is 0 Å². The summed E-state index contributed by atoms with van der Waals surface area (Å²) in [7, 11) is 1.65. The summed E-state index contributed by atoms with van der Waals surface area (Å²) in [6, 6.07) is 0. The first kappa shape index (κ1) is 9.62. The molecule has 0 aromatic carbocycles. The predicted molar refractivity (Wildman–Crippen MR) is 48.4 cm³/mol. The zero-order valence-electron chi connectivity index (χ0n) is 7.56. The first-order chi connectivity index (χ1) is 6.36. The van der Waals surface area contributed by atoms with E-state index in [1.54, 1.807) is 24.2 Å². The maximum absolute atomic E-state index is 5.16. The lowest BCUT2D eigenvalue weighted by molar-refractivity contribution is 0.183. The smallest absolute Gasteiger partial charge is 0.158 e. The van der Waals surface area contributed by atoms with E-state index in [0.717, 1.165) is 6.54 Å². The number of hydrogen-bond acceptors (Lipinski definition) is 3. The van der Waals surface area contributed by atoms with Crippen LogP contribution < -0.4 is 4.74 Å². The molecular formula is C9H12N2O2. The van der Waals surface area contributed by atoms with Gasteiger partial charge in [-0.1, -0.05) is 5.92 Å². The summed E-state index contributed by atoms with van der Waals surface area (Å²) in [5.41, 5.74) is 0. The van der Waals surface area contributed by atoms with Crippen LogP contribution in [0.5, 0.6) is 5.75 Å². The summed E-state index contributed by atoms with van der Waals surface area (Å²) in [4.78, 5) is 0. The van der Waals surface area contributed by atoms with Gasteiger partial charge in [-0.05, 0) is 0 Å². The van der Waals surface area contributed by atoms with Crippen LogP contribution in [0.2, 0.25) is 0 Å². The maximum Gasteiger partial charge on any atom is 0.158 e. The number of nitrogens with zero attached hydrogens (tertiary/aromatic N) is 2. The van der Waals surface area contributed by atoms with Crippen molar-refractivity contribution in [3.8, 4) is 18.1 Å². The molecule has 0 radical (unpaired) electrons. The second-order valence-corrected chi connectivity index (χ2v) is 2.42. The molecule has 0 atom stereocenters.